The van der Waals surface area contributed by atoms with E-state index >= 15 is 0 Å². The summed E-state index contributed by atoms with van der Waals surface area (Å²) < 4.78 is 36.5. The normalized spacial score (nSPS) is 47.2. The van der Waals surface area contributed by atoms with Crippen molar-refractivity contribution in [3.8, 4) is 0 Å². The van der Waals surface area contributed by atoms with Crippen LogP contribution < -0.4 is 0 Å². The molecule has 4 fully saturated rings. The Kier molecular flexibility index (Phi) is 6.49. The Morgan fingerprint density at radius 2 is 1.81 bits per heavy atom. The van der Waals surface area contributed by atoms with Gasteiger partial charge in [0.2, 0.25) is 0 Å². The number of carboxylic acid groups (broad SMARTS) is 1. The first-order valence-corrected chi connectivity index (χ1v) is 13.8. The molecule has 0 saturated heterocycles. The minimum Gasteiger partial charge on any atom is -0.481 e. The molecule has 0 aromatic heterocycles. The summed E-state index contributed by atoms with van der Waals surface area (Å²) in [5.74, 6) is 1.65. The minimum absolute atomic E-state index is 0.0529. The molecule has 0 aromatic carbocycles. The van der Waals surface area contributed by atoms with E-state index in [4.69, 9.17) is 13.8 Å². The molecule has 0 heterocycles. The Morgan fingerprint density at radius 3 is 2.47 bits per heavy atom. The van der Waals surface area contributed by atoms with Crippen LogP contribution in [0.3, 0.4) is 0 Å². The zero-order valence-corrected chi connectivity index (χ0v) is 20.4. The summed E-state index contributed by atoms with van der Waals surface area (Å²) in [5.41, 5.74) is -0.106. The summed E-state index contributed by atoms with van der Waals surface area (Å²) in [6.07, 6.45) is 7.18. The van der Waals surface area contributed by atoms with Gasteiger partial charge in [0.05, 0.1) is 12.2 Å². The monoisotopic (exact) mass is 472 g/mol. The maximum absolute atomic E-state index is 11.5. The highest BCUT2D eigenvalue weighted by atomic mass is 32.3. The molecule has 8 heteroatoms. The lowest BCUT2D eigenvalue weighted by Gasteiger charge is -2.62. The molecule has 32 heavy (non-hydrogen) atoms. The first-order valence-electron chi connectivity index (χ1n) is 12.4. The van der Waals surface area contributed by atoms with Gasteiger partial charge in [0.1, 0.15) is 0 Å². The Bertz CT molecular complexity index is 828. The standard InChI is InChI=1S/C24H40O7S/c1-14(4-9-22(26)27)18-7-8-19-17-6-5-15-12-16(31-32(28,29)30)10-11-23(15,2)20(17)13-21(25)24(18,19)3/h14-21,25H,4-13H2,1-3H3,(H,26,27)(H,28,29,30)/t14-,15-,16-,17?,18-,19+,20?,21+,23+,24-/m1/s1. The molecule has 0 aromatic rings. The van der Waals surface area contributed by atoms with Crippen molar-refractivity contribution in [3.63, 3.8) is 0 Å². The largest absolute Gasteiger partial charge is 0.481 e. The Hall–Kier alpha value is -0.700. The highest BCUT2D eigenvalue weighted by molar-refractivity contribution is 7.80. The van der Waals surface area contributed by atoms with Crippen molar-refractivity contribution in [1.29, 1.82) is 0 Å². The van der Waals surface area contributed by atoms with E-state index < -0.39 is 28.6 Å². The van der Waals surface area contributed by atoms with Gasteiger partial charge in [-0.2, -0.15) is 8.42 Å². The first-order chi connectivity index (χ1) is 14.9. The average Bonchev–Trinajstić information content (AvgIpc) is 3.05. The molecule has 7 nitrogen and oxygen atoms in total. The van der Waals surface area contributed by atoms with Crippen LogP contribution in [0.5, 0.6) is 0 Å². The number of carboxylic acids is 1. The molecule has 3 N–H and O–H groups in total. The van der Waals surface area contributed by atoms with E-state index in [-0.39, 0.29) is 23.2 Å². The van der Waals surface area contributed by atoms with Crippen LogP contribution in [0.1, 0.15) is 85.0 Å². The van der Waals surface area contributed by atoms with Crippen LogP contribution in [0, 0.1) is 46.3 Å². The fraction of sp³-hybridized carbons (Fsp3) is 0.958. The summed E-state index contributed by atoms with van der Waals surface area (Å²) >= 11 is 0. The molecular formula is C24H40O7S. The van der Waals surface area contributed by atoms with Crippen molar-refractivity contribution in [1.82, 2.24) is 0 Å². The molecule has 0 spiro atoms. The lowest BCUT2D eigenvalue weighted by molar-refractivity contribution is -0.174. The second-order valence-electron chi connectivity index (χ2n) is 11.8. The molecule has 0 bridgehead atoms. The second kappa shape index (κ2) is 8.51. The van der Waals surface area contributed by atoms with Crippen LogP contribution in [-0.2, 0) is 19.4 Å². The van der Waals surface area contributed by atoms with E-state index in [0.717, 1.165) is 38.5 Å². The van der Waals surface area contributed by atoms with E-state index in [9.17, 15) is 18.3 Å². The van der Waals surface area contributed by atoms with Crippen molar-refractivity contribution in [2.75, 3.05) is 0 Å². The van der Waals surface area contributed by atoms with Gasteiger partial charge < -0.3 is 10.2 Å². The maximum atomic E-state index is 11.5. The molecule has 184 valence electrons. The van der Waals surface area contributed by atoms with Crippen LogP contribution in [0.4, 0.5) is 0 Å². The van der Waals surface area contributed by atoms with Crippen molar-refractivity contribution >= 4 is 16.4 Å². The summed E-state index contributed by atoms with van der Waals surface area (Å²) in [7, 11) is -4.43. The number of hydrogen-bond acceptors (Lipinski definition) is 5. The summed E-state index contributed by atoms with van der Waals surface area (Å²) in [6, 6.07) is 0. The van der Waals surface area contributed by atoms with Crippen LogP contribution in [0.15, 0.2) is 0 Å². The number of aliphatic carboxylic acids is 1. The van der Waals surface area contributed by atoms with Gasteiger partial charge in [0, 0.05) is 6.42 Å². The average molecular weight is 473 g/mol. The van der Waals surface area contributed by atoms with Crippen LogP contribution in [-0.4, -0.2) is 41.4 Å². The molecule has 0 aliphatic heterocycles. The molecule has 0 radical (unpaired) electrons. The highest BCUT2D eigenvalue weighted by Crippen LogP contribution is 2.68. The Balaban J connectivity index is 1.52. The predicted molar refractivity (Wildman–Crippen MR) is 119 cm³/mol. The van der Waals surface area contributed by atoms with Crippen molar-refractivity contribution in [2.24, 2.45) is 46.3 Å². The maximum Gasteiger partial charge on any atom is 0.397 e. The third-order valence-corrected chi connectivity index (χ3v) is 11.1. The lowest BCUT2D eigenvalue weighted by Crippen LogP contribution is -2.59. The van der Waals surface area contributed by atoms with Crippen LogP contribution >= 0.6 is 0 Å². The Labute approximate surface area is 192 Å². The highest BCUT2D eigenvalue weighted by Gasteiger charge is 2.63. The van der Waals surface area contributed by atoms with Gasteiger partial charge in [-0.1, -0.05) is 20.8 Å². The summed E-state index contributed by atoms with van der Waals surface area (Å²) in [5, 5.41) is 20.7. The predicted octanol–water partition coefficient (Wildman–Crippen LogP) is 4.31. The molecule has 4 aliphatic rings. The van der Waals surface area contributed by atoms with Crippen molar-refractivity contribution in [3.05, 3.63) is 0 Å². The smallest absolute Gasteiger partial charge is 0.397 e. The molecule has 4 aliphatic carbocycles. The van der Waals surface area contributed by atoms with Gasteiger partial charge in [0.25, 0.3) is 0 Å². The zero-order valence-electron chi connectivity index (χ0n) is 19.6. The number of carbonyl (C=O) groups is 1. The van der Waals surface area contributed by atoms with E-state index in [2.05, 4.69) is 20.8 Å². The van der Waals surface area contributed by atoms with Gasteiger partial charge in [-0.15, -0.1) is 0 Å². The van der Waals surface area contributed by atoms with E-state index in [1.54, 1.807) is 0 Å². The van der Waals surface area contributed by atoms with E-state index in [1.807, 2.05) is 0 Å². The SMILES string of the molecule is C[C@H](CCC(=O)O)[C@H]1CC[C@H]2C3CC[C@@H]4C[C@H](OS(=O)(=O)O)CC[C@]4(C)C3C[C@H](O)[C@]12C. The third kappa shape index (κ3) is 4.14. The van der Waals surface area contributed by atoms with Gasteiger partial charge in [-0.05, 0) is 104 Å². The summed E-state index contributed by atoms with van der Waals surface area (Å²) in [4.78, 5) is 11.1. The van der Waals surface area contributed by atoms with Gasteiger partial charge in [-0.3, -0.25) is 9.35 Å². The fourth-order valence-corrected chi connectivity index (χ4v) is 9.47. The number of aliphatic hydroxyl groups excluding tert-OH is 1. The molecule has 0 amide bonds. The molecule has 2 unspecified atom stereocenters. The van der Waals surface area contributed by atoms with Crippen LogP contribution in [0.2, 0.25) is 0 Å². The first kappa shape index (κ1) is 24.4. The van der Waals surface area contributed by atoms with Crippen molar-refractivity contribution in [2.45, 2.75) is 97.2 Å². The molecule has 4 saturated carbocycles. The molecule has 4 rings (SSSR count). The quantitative estimate of drug-likeness (QED) is 0.493. The van der Waals surface area contributed by atoms with Gasteiger partial charge >= 0.3 is 16.4 Å². The molecular weight excluding hydrogens is 432 g/mol. The zero-order chi connectivity index (χ0) is 23.5. The number of hydrogen-bond donors (Lipinski definition) is 3. The lowest BCUT2D eigenvalue weighted by atomic mass is 9.43. The molecule has 10 atom stereocenters. The van der Waals surface area contributed by atoms with Crippen LogP contribution in [0.25, 0.3) is 0 Å². The fourth-order valence-electron chi connectivity index (χ4n) is 8.96. The minimum atomic E-state index is -4.43. The Morgan fingerprint density at radius 1 is 1.09 bits per heavy atom. The van der Waals surface area contributed by atoms with E-state index in [0.29, 0.717) is 48.9 Å². The van der Waals surface area contributed by atoms with Gasteiger partial charge in [0.15, 0.2) is 0 Å². The number of fused-ring (bicyclic) bond motifs is 5. The summed E-state index contributed by atoms with van der Waals surface area (Å²) in [6.45, 7) is 6.75. The number of rotatable bonds is 6. The topological polar surface area (TPSA) is 121 Å². The third-order valence-electron chi connectivity index (χ3n) is 10.6. The second-order valence-corrected chi connectivity index (χ2v) is 12.8. The number of aliphatic hydroxyl groups is 1. The van der Waals surface area contributed by atoms with E-state index in [1.165, 1.54) is 0 Å². The van der Waals surface area contributed by atoms with Crippen molar-refractivity contribution < 1.29 is 32.2 Å². The van der Waals surface area contributed by atoms with Gasteiger partial charge in [-0.25, -0.2) is 4.18 Å².